The highest BCUT2D eigenvalue weighted by Crippen LogP contribution is 2.36. The van der Waals surface area contributed by atoms with Crippen molar-refractivity contribution in [2.45, 2.75) is 26.3 Å². The lowest BCUT2D eigenvalue weighted by Gasteiger charge is -2.29. The summed E-state index contributed by atoms with van der Waals surface area (Å²) in [4.78, 5) is 10.0. The summed E-state index contributed by atoms with van der Waals surface area (Å²) in [5.41, 5.74) is 4.52. The number of hydrogen-bond donors (Lipinski definition) is 0. The molecule has 0 radical (unpaired) electrons. The summed E-state index contributed by atoms with van der Waals surface area (Å²) >= 11 is 6.07. The standard InChI is InChI=1S/C19H22ClF2N3O/c1-12-7-15(9-24-19(12)26-11-18(21)22)13(2)25-10-16(8-20)17(14(25)3)5-6-23-4/h5-7,9,13,18H,3-4,8,10-11H2,1-2H3/b6-5-. The first-order valence-corrected chi connectivity index (χ1v) is 8.66. The maximum absolute atomic E-state index is 12.3. The van der Waals surface area contributed by atoms with E-state index in [2.05, 4.69) is 28.2 Å². The van der Waals surface area contributed by atoms with Crippen LogP contribution in [0.2, 0.25) is 0 Å². The molecule has 0 N–H and O–H groups in total. The van der Waals surface area contributed by atoms with E-state index >= 15 is 0 Å². The van der Waals surface area contributed by atoms with Gasteiger partial charge in [0.1, 0.15) is 0 Å². The van der Waals surface area contributed by atoms with Gasteiger partial charge in [-0.15, -0.1) is 11.6 Å². The van der Waals surface area contributed by atoms with Crippen LogP contribution in [-0.4, -0.2) is 42.1 Å². The Kier molecular flexibility index (Phi) is 6.91. The smallest absolute Gasteiger partial charge is 0.272 e. The summed E-state index contributed by atoms with van der Waals surface area (Å²) in [5, 5.41) is 0. The Bertz CT molecular complexity index is 746. The number of pyridine rings is 1. The predicted molar refractivity (Wildman–Crippen MR) is 101 cm³/mol. The molecular weight excluding hydrogens is 360 g/mol. The molecule has 1 atom stereocenters. The Morgan fingerprint density at radius 2 is 2.23 bits per heavy atom. The molecule has 1 aromatic rings. The zero-order chi connectivity index (χ0) is 19.3. The van der Waals surface area contributed by atoms with E-state index in [1.807, 2.05) is 19.1 Å². The van der Waals surface area contributed by atoms with Gasteiger partial charge in [0, 0.05) is 41.7 Å². The molecule has 0 spiro atoms. The Labute approximate surface area is 157 Å². The first kappa shape index (κ1) is 20.1. The molecule has 0 bridgehead atoms. The van der Waals surface area contributed by atoms with Crippen LogP contribution in [0, 0.1) is 6.92 Å². The summed E-state index contributed by atoms with van der Waals surface area (Å²) in [6.45, 7) is 11.4. The predicted octanol–water partition coefficient (Wildman–Crippen LogP) is 4.67. The quantitative estimate of drug-likeness (QED) is 0.485. The summed E-state index contributed by atoms with van der Waals surface area (Å²) in [6.07, 6.45) is 2.58. The Hall–Kier alpha value is -2.21. The third-order valence-electron chi connectivity index (χ3n) is 4.25. The van der Waals surface area contributed by atoms with Gasteiger partial charge in [0.05, 0.1) is 6.04 Å². The minimum absolute atomic E-state index is 0.0151. The zero-order valence-corrected chi connectivity index (χ0v) is 15.6. The van der Waals surface area contributed by atoms with Crippen molar-refractivity contribution < 1.29 is 13.5 Å². The third kappa shape index (κ3) is 4.49. The minimum atomic E-state index is -2.53. The minimum Gasteiger partial charge on any atom is -0.471 e. The number of aliphatic imine (C=N–C) groups is 1. The van der Waals surface area contributed by atoms with Crippen molar-refractivity contribution >= 4 is 18.3 Å². The van der Waals surface area contributed by atoms with Crippen LogP contribution in [0.5, 0.6) is 5.88 Å². The number of allylic oxidation sites excluding steroid dienone is 1. The Morgan fingerprint density at radius 3 is 2.81 bits per heavy atom. The third-order valence-corrected chi connectivity index (χ3v) is 4.58. The molecule has 1 aliphatic heterocycles. The van der Waals surface area contributed by atoms with Gasteiger partial charge in [0.15, 0.2) is 6.61 Å². The van der Waals surface area contributed by atoms with Gasteiger partial charge in [0.25, 0.3) is 6.43 Å². The van der Waals surface area contributed by atoms with Crippen molar-refractivity contribution in [3.8, 4) is 5.88 Å². The van der Waals surface area contributed by atoms with Gasteiger partial charge in [-0.05, 0) is 43.8 Å². The van der Waals surface area contributed by atoms with E-state index in [9.17, 15) is 8.78 Å². The normalized spacial score (nSPS) is 16.1. The van der Waals surface area contributed by atoms with Crippen LogP contribution in [0.25, 0.3) is 0 Å². The van der Waals surface area contributed by atoms with Crippen molar-refractivity contribution in [2.75, 3.05) is 19.0 Å². The van der Waals surface area contributed by atoms with Crippen LogP contribution in [0.15, 0.2) is 53.0 Å². The topological polar surface area (TPSA) is 37.7 Å². The van der Waals surface area contributed by atoms with E-state index in [4.69, 9.17) is 16.3 Å². The first-order valence-electron chi connectivity index (χ1n) is 8.12. The molecule has 26 heavy (non-hydrogen) atoms. The number of halogens is 3. The van der Waals surface area contributed by atoms with Gasteiger partial charge in [-0.2, -0.15) is 0 Å². The average molecular weight is 382 g/mol. The molecule has 0 aliphatic carbocycles. The molecule has 0 fully saturated rings. The van der Waals surface area contributed by atoms with E-state index in [-0.39, 0.29) is 11.9 Å². The molecule has 0 saturated heterocycles. The second-order valence-electron chi connectivity index (χ2n) is 5.99. The van der Waals surface area contributed by atoms with Gasteiger partial charge >= 0.3 is 0 Å². The highest BCUT2D eigenvalue weighted by Gasteiger charge is 2.28. The van der Waals surface area contributed by atoms with E-state index in [1.165, 1.54) is 0 Å². The summed E-state index contributed by atoms with van der Waals surface area (Å²) in [7, 11) is 0. The van der Waals surface area contributed by atoms with Gasteiger partial charge < -0.3 is 9.64 Å². The van der Waals surface area contributed by atoms with Crippen molar-refractivity contribution in [3.05, 3.63) is 59.1 Å². The SMILES string of the molecule is C=N/C=C\C1=C(CCl)CN(C(C)c2cnc(OCC(F)F)c(C)c2)C1=C. The molecule has 2 rings (SSSR count). The fourth-order valence-electron chi connectivity index (χ4n) is 2.86. The van der Waals surface area contributed by atoms with Crippen LogP contribution in [0.1, 0.15) is 24.1 Å². The lowest BCUT2D eigenvalue weighted by atomic mass is 10.1. The van der Waals surface area contributed by atoms with E-state index in [0.29, 0.717) is 18.0 Å². The molecule has 1 aliphatic rings. The lowest BCUT2D eigenvalue weighted by Crippen LogP contribution is -2.24. The van der Waals surface area contributed by atoms with Crippen molar-refractivity contribution in [2.24, 2.45) is 4.99 Å². The number of aryl methyl sites for hydroxylation is 1. The molecule has 4 nitrogen and oxygen atoms in total. The summed E-state index contributed by atoms with van der Waals surface area (Å²) in [5.74, 6) is 0.623. The number of alkyl halides is 3. The van der Waals surface area contributed by atoms with E-state index < -0.39 is 13.0 Å². The highest BCUT2D eigenvalue weighted by atomic mass is 35.5. The zero-order valence-electron chi connectivity index (χ0n) is 14.9. The van der Waals surface area contributed by atoms with Gasteiger partial charge in [0.2, 0.25) is 5.88 Å². The fraction of sp³-hybridized carbons (Fsp3) is 0.368. The van der Waals surface area contributed by atoms with Crippen LogP contribution >= 0.6 is 11.6 Å². The van der Waals surface area contributed by atoms with Crippen LogP contribution in [-0.2, 0) is 0 Å². The Balaban J connectivity index is 2.18. The molecule has 7 heteroatoms. The number of nitrogens with zero attached hydrogens (tertiary/aromatic N) is 3. The molecule has 1 unspecified atom stereocenters. The van der Waals surface area contributed by atoms with Crippen molar-refractivity contribution in [1.82, 2.24) is 9.88 Å². The van der Waals surface area contributed by atoms with Crippen molar-refractivity contribution in [3.63, 3.8) is 0 Å². The van der Waals surface area contributed by atoms with Crippen LogP contribution in [0.3, 0.4) is 0 Å². The number of rotatable bonds is 8. The molecule has 140 valence electrons. The highest BCUT2D eigenvalue weighted by molar-refractivity contribution is 6.19. The average Bonchev–Trinajstić information content (AvgIpc) is 2.93. The molecular formula is C19H22ClF2N3O. The molecule has 0 aromatic carbocycles. The molecule has 0 saturated carbocycles. The monoisotopic (exact) mass is 381 g/mol. The maximum Gasteiger partial charge on any atom is 0.272 e. The van der Waals surface area contributed by atoms with E-state index in [1.54, 1.807) is 19.3 Å². The largest absolute Gasteiger partial charge is 0.471 e. The van der Waals surface area contributed by atoms with Gasteiger partial charge in [-0.1, -0.05) is 6.58 Å². The second kappa shape index (κ2) is 8.94. The van der Waals surface area contributed by atoms with Gasteiger partial charge in [-0.3, -0.25) is 4.99 Å². The van der Waals surface area contributed by atoms with Crippen molar-refractivity contribution in [1.29, 1.82) is 0 Å². The van der Waals surface area contributed by atoms with Gasteiger partial charge in [-0.25, -0.2) is 13.8 Å². The summed E-state index contributed by atoms with van der Waals surface area (Å²) in [6, 6.07) is 1.88. The molecule has 2 heterocycles. The lowest BCUT2D eigenvalue weighted by molar-refractivity contribution is 0.0792. The van der Waals surface area contributed by atoms with Crippen LogP contribution < -0.4 is 4.74 Å². The summed E-state index contributed by atoms with van der Waals surface area (Å²) < 4.78 is 29.6. The number of aromatic nitrogens is 1. The maximum atomic E-state index is 12.3. The number of hydrogen-bond acceptors (Lipinski definition) is 4. The molecule has 0 amide bonds. The van der Waals surface area contributed by atoms with Crippen LogP contribution in [0.4, 0.5) is 8.78 Å². The fourth-order valence-corrected chi connectivity index (χ4v) is 3.09. The molecule has 1 aromatic heterocycles. The first-order chi connectivity index (χ1) is 12.4. The Morgan fingerprint density at radius 1 is 1.50 bits per heavy atom. The second-order valence-corrected chi connectivity index (χ2v) is 6.26. The van der Waals surface area contributed by atoms with E-state index in [0.717, 1.165) is 22.4 Å². The number of ether oxygens (including phenoxy) is 1.